The van der Waals surface area contributed by atoms with Crippen LogP contribution >= 0.6 is 11.8 Å². The molecule has 1 unspecified atom stereocenters. The summed E-state index contributed by atoms with van der Waals surface area (Å²) in [5, 5.41) is 0. The Labute approximate surface area is 132 Å². The fraction of sp³-hybridized carbons (Fsp3) is 0.333. The summed E-state index contributed by atoms with van der Waals surface area (Å²) in [6, 6.07) is 15.5. The van der Waals surface area contributed by atoms with Gasteiger partial charge in [-0.05, 0) is 49.4 Å². The van der Waals surface area contributed by atoms with Crippen LogP contribution in [0.5, 0.6) is 0 Å². The lowest BCUT2D eigenvalue weighted by atomic mass is 10.0. The van der Waals surface area contributed by atoms with E-state index in [0.29, 0.717) is 6.54 Å². The maximum absolute atomic E-state index is 6.05. The summed E-state index contributed by atoms with van der Waals surface area (Å²) in [6.45, 7) is 4.88. The number of anilines is 1. The molecule has 21 heavy (non-hydrogen) atoms. The Morgan fingerprint density at radius 2 is 1.76 bits per heavy atom. The predicted molar refractivity (Wildman–Crippen MR) is 94.3 cm³/mol. The number of nitrogens with zero attached hydrogens (tertiary/aromatic N) is 1. The smallest absolute Gasteiger partial charge is 0.0661 e. The number of rotatable bonds is 5. The molecule has 0 aromatic heterocycles. The zero-order valence-corrected chi connectivity index (χ0v) is 14.1. The zero-order chi connectivity index (χ0) is 15.4. The fourth-order valence-corrected chi connectivity index (χ4v) is 3.12. The van der Waals surface area contributed by atoms with Crippen LogP contribution in [0.4, 0.5) is 5.69 Å². The third kappa shape index (κ3) is 3.60. The van der Waals surface area contributed by atoms with Crippen molar-refractivity contribution in [1.29, 1.82) is 0 Å². The van der Waals surface area contributed by atoms with Crippen molar-refractivity contribution >= 4 is 17.4 Å². The minimum Gasteiger partial charge on any atom is -0.366 e. The van der Waals surface area contributed by atoms with Crippen molar-refractivity contribution in [2.24, 2.45) is 5.73 Å². The van der Waals surface area contributed by atoms with Crippen molar-refractivity contribution < 1.29 is 0 Å². The molecule has 3 heteroatoms. The molecule has 2 nitrogen and oxygen atoms in total. The molecule has 0 radical (unpaired) electrons. The summed E-state index contributed by atoms with van der Waals surface area (Å²) >= 11 is 1.76. The van der Waals surface area contributed by atoms with E-state index < -0.39 is 0 Å². The first-order valence-electron chi connectivity index (χ1n) is 7.21. The van der Waals surface area contributed by atoms with Crippen molar-refractivity contribution in [3.05, 3.63) is 59.2 Å². The van der Waals surface area contributed by atoms with E-state index in [1.165, 1.54) is 27.3 Å². The van der Waals surface area contributed by atoms with Crippen LogP contribution in [0.25, 0.3) is 0 Å². The van der Waals surface area contributed by atoms with Crippen LogP contribution in [0.1, 0.15) is 22.7 Å². The van der Waals surface area contributed by atoms with Crippen LogP contribution in [0.15, 0.2) is 47.4 Å². The van der Waals surface area contributed by atoms with Gasteiger partial charge in [0.1, 0.15) is 0 Å². The average Bonchev–Trinajstić information content (AvgIpc) is 2.48. The second-order valence-electron chi connectivity index (χ2n) is 5.43. The quantitative estimate of drug-likeness (QED) is 0.841. The molecule has 1 atom stereocenters. The Balaban J connectivity index is 2.30. The van der Waals surface area contributed by atoms with E-state index in [-0.39, 0.29) is 6.04 Å². The Morgan fingerprint density at radius 1 is 1.10 bits per heavy atom. The number of nitrogens with two attached hydrogens (primary N) is 1. The van der Waals surface area contributed by atoms with E-state index in [1.807, 2.05) is 0 Å². The number of hydrogen-bond donors (Lipinski definition) is 1. The third-order valence-corrected chi connectivity index (χ3v) is 4.67. The Morgan fingerprint density at radius 3 is 2.29 bits per heavy atom. The molecule has 112 valence electrons. The number of hydrogen-bond acceptors (Lipinski definition) is 3. The van der Waals surface area contributed by atoms with Gasteiger partial charge in [-0.1, -0.05) is 29.8 Å². The fourth-order valence-electron chi connectivity index (χ4n) is 2.71. The van der Waals surface area contributed by atoms with Gasteiger partial charge < -0.3 is 10.6 Å². The van der Waals surface area contributed by atoms with Crippen molar-refractivity contribution in [2.75, 3.05) is 24.7 Å². The third-order valence-electron chi connectivity index (χ3n) is 3.92. The topological polar surface area (TPSA) is 29.3 Å². The first kappa shape index (κ1) is 15.9. The summed E-state index contributed by atoms with van der Waals surface area (Å²) in [6.07, 6.45) is 2.09. The molecule has 2 rings (SSSR count). The molecule has 0 aliphatic carbocycles. The normalized spacial score (nSPS) is 12.2. The van der Waals surface area contributed by atoms with Crippen molar-refractivity contribution in [1.82, 2.24) is 0 Å². The lowest BCUT2D eigenvalue weighted by Crippen LogP contribution is -2.30. The molecule has 2 aromatic carbocycles. The SMILES string of the molecule is CSc1ccc(C(CN)N(C)c2ccc(C)cc2C)cc1. The van der Waals surface area contributed by atoms with Crippen LogP contribution in [0, 0.1) is 13.8 Å². The Bertz CT molecular complexity index is 593. The Kier molecular flexibility index (Phi) is 5.32. The molecule has 0 amide bonds. The minimum atomic E-state index is 0.197. The first-order valence-corrected chi connectivity index (χ1v) is 8.43. The number of benzene rings is 2. The highest BCUT2D eigenvalue weighted by Gasteiger charge is 2.17. The summed E-state index contributed by atoms with van der Waals surface area (Å²) in [5.74, 6) is 0. The van der Waals surface area contributed by atoms with Gasteiger partial charge in [0.2, 0.25) is 0 Å². The molecule has 0 aliphatic rings. The van der Waals surface area contributed by atoms with Crippen LogP contribution < -0.4 is 10.6 Å². The largest absolute Gasteiger partial charge is 0.366 e. The van der Waals surface area contributed by atoms with E-state index in [1.54, 1.807) is 11.8 Å². The van der Waals surface area contributed by atoms with Gasteiger partial charge in [-0.25, -0.2) is 0 Å². The van der Waals surface area contributed by atoms with Crippen LogP contribution in [-0.2, 0) is 0 Å². The molecule has 0 aliphatic heterocycles. The second kappa shape index (κ2) is 7.01. The van der Waals surface area contributed by atoms with Gasteiger partial charge in [0.05, 0.1) is 6.04 Å². The van der Waals surface area contributed by atoms with Crippen molar-refractivity contribution in [3.8, 4) is 0 Å². The highest BCUT2D eigenvalue weighted by Crippen LogP contribution is 2.29. The van der Waals surface area contributed by atoms with Crippen LogP contribution in [-0.4, -0.2) is 19.8 Å². The molecular formula is C18H24N2S. The van der Waals surface area contributed by atoms with E-state index in [9.17, 15) is 0 Å². The monoisotopic (exact) mass is 300 g/mol. The van der Waals surface area contributed by atoms with Gasteiger partial charge in [-0.2, -0.15) is 0 Å². The molecule has 0 saturated carbocycles. The maximum Gasteiger partial charge on any atom is 0.0661 e. The molecule has 0 heterocycles. The zero-order valence-electron chi connectivity index (χ0n) is 13.3. The predicted octanol–water partition coefficient (Wildman–Crippen LogP) is 4.16. The highest BCUT2D eigenvalue weighted by atomic mass is 32.2. The van der Waals surface area contributed by atoms with Gasteiger partial charge >= 0.3 is 0 Å². The van der Waals surface area contributed by atoms with Crippen molar-refractivity contribution in [2.45, 2.75) is 24.8 Å². The second-order valence-corrected chi connectivity index (χ2v) is 6.31. The molecule has 0 spiro atoms. The Hall–Kier alpha value is -1.45. The number of likely N-dealkylation sites (N-methyl/N-ethyl adjacent to an activating group) is 1. The summed E-state index contributed by atoms with van der Waals surface area (Å²) in [5.41, 5.74) is 11.1. The molecular weight excluding hydrogens is 276 g/mol. The standard InChI is InChI=1S/C18H24N2S/c1-13-5-10-17(14(2)11-13)20(3)18(12-19)15-6-8-16(21-4)9-7-15/h5-11,18H,12,19H2,1-4H3. The van der Waals surface area contributed by atoms with Crippen LogP contribution in [0.3, 0.4) is 0 Å². The minimum absolute atomic E-state index is 0.197. The maximum atomic E-state index is 6.05. The van der Waals surface area contributed by atoms with Crippen molar-refractivity contribution in [3.63, 3.8) is 0 Å². The van der Waals surface area contributed by atoms with E-state index >= 15 is 0 Å². The van der Waals surface area contributed by atoms with E-state index in [0.717, 1.165) is 0 Å². The molecule has 0 bridgehead atoms. The van der Waals surface area contributed by atoms with Gasteiger partial charge in [-0.3, -0.25) is 0 Å². The molecule has 0 saturated heterocycles. The van der Waals surface area contributed by atoms with E-state index in [4.69, 9.17) is 5.73 Å². The lowest BCUT2D eigenvalue weighted by molar-refractivity contribution is 0.678. The lowest BCUT2D eigenvalue weighted by Gasteiger charge is -2.31. The number of aryl methyl sites for hydroxylation is 2. The van der Waals surface area contributed by atoms with Gasteiger partial charge in [0.15, 0.2) is 0 Å². The summed E-state index contributed by atoms with van der Waals surface area (Å²) in [7, 11) is 2.12. The average molecular weight is 300 g/mol. The number of thioether (sulfide) groups is 1. The molecule has 2 N–H and O–H groups in total. The molecule has 2 aromatic rings. The molecule has 0 fully saturated rings. The van der Waals surface area contributed by atoms with E-state index in [2.05, 4.69) is 74.5 Å². The summed E-state index contributed by atoms with van der Waals surface area (Å²) < 4.78 is 0. The highest BCUT2D eigenvalue weighted by molar-refractivity contribution is 7.98. The van der Waals surface area contributed by atoms with Gasteiger partial charge in [0.25, 0.3) is 0 Å². The summed E-state index contributed by atoms with van der Waals surface area (Å²) in [4.78, 5) is 3.56. The first-order chi connectivity index (χ1) is 10.1. The van der Waals surface area contributed by atoms with Crippen LogP contribution in [0.2, 0.25) is 0 Å². The van der Waals surface area contributed by atoms with Gasteiger partial charge in [0, 0.05) is 24.2 Å². The van der Waals surface area contributed by atoms with Gasteiger partial charge in [-0.15, -0.1) is 11.8 Å².